The molecule has 0 aromatic heterocycles. The Morgan fingerprint density at radius 2 is 2.00 bits per heavy atom. The van der Waals surface area contributed by atoms with E-state index in [0.717, 1.165) is 0 Å². The van der Waals surface area contributed by atoms with Crippen molar-refractivity contribution in [3.63, 3.8) is 0 Å². The van der Waals surface area contributed by atoms with Crippen LogP contribution in [0.15, 0.2) is 18.2 Å². The Balaban J connectivity index is 2.60. The van der Waals surface area contributed by atoms with Gasteiger partial charge in [0.05, 0.1) is 13.0 Å². The van der Waals surface area contributed by atoms with Crippen molar-refractivity contribution in [3.05, 3.63) is 29.6 Å². The Bertz CT molecular complexity index is 510. The molecule has 1 N–H and O–H groups in total. The third-order valence-corrected chi connectivity index (χ3v) is 4.52. The minimum Gasteiger partial charge on any atom is -0.496 e. The fraction of sp³-hybridized carbons (Fsp3) is 0.500. The van der Waals surface area contributed by atoms with Crippen LogP contribution >= 0.6 is 0 Å². The molecular weight excluding hydrogens is 235 g/mol. The van der Waals surface area contributed by atoms with Gasteiger partial charge in [-0.1, -0.05) is 26.8 Å². The van der Waals surface area contributed by atoms with Gasteiger partial charge in [-0.15, -0.1) is 0 Å². The van der Waals surface area contributed by atoms with Gasteiger partial charge in [-0.05, 0) is 17.5 Å². The summed E-state index contributed by atoms with van der Waals surface area (Å²) in [5.41, 5.74) is -0.867. The quantitative estimate of drug-likeness (QED) is 0.899. The number of carboxylic acid groups (broad SMARTS) is 1. The summed E-state index contributed by atoms with van der Waals surface area (Å²) < 4.78 is 19.3. The first kappa shape index (κ1) is 12.9. The highest BCUT2D eigenvalue weighted by molar-refractivity contribution is 5.80. The van der Waals surface area contributed by atoms with Crippen LogP contribution in [0.5, 0.6) is 5.75 Å². The monoisotopic (exact) mass is 252 g/mol. The molecule has 1 fully saturated rings. The van der Waals surface area contributed by atoms with E-state index < -0.39 is 28.5 Å². The van der Waals surface area contributed by atoms with Crippen LogP contribution in [-0.2, 0) is 10.2 Å². The van der Waals surface area contributed by atoms with Gasteiger partial charge in [0.25, 0.3) is 0 Å². The number of carboxylic acids is 1. The van der Waals surface area contributed by atoms with E-state index in [0.29, 0.717) is 11.3 Å². The van der Waals surface area contributed by atoms with Crippen molar-refractivity contribution < 1.29 is 19.0 Å². The van der Waals surface area contributed by atoms with Crippen LogP contribution in [0.4, 0.5) is 4.39 Å². The maximum absolute atomic E-state index is 14.1. The predicted molar refractivity (Wildman–Crippen MR) is 65.2 cm³/mol. The van der Waals surface area contributed by atoms with Crippen molar-refractivity contribution in [3.8, 4) is 5.75 Å². The summed E-state index contributed by atoms with van der Waals surface area (Å²) >= 11 is 0. The second kappa shape index (κ2) is 3.70. The lowest BCUT2D eigenvalue weighted by Gasteiger charge is -2.19. The van der Waals surface area contributed by atoms with E-state index in [1.807, 2.05) is 13.8 Å². The van der Waals surface area contributed by atoms with E-state index in [-0.39, 0.29) is 0 Å². The van der Waals surface area contributed by atoms with Crippen LogP contribution in [0, 0.1) is 17.2 Å². The molecule has 0 aliphatic heterocycles. The van der Waals surface area contributed by atoms with Gasteiger partial charge in [0.2, 0.25) is 0 Å². The van der Waals surface area contributed by atoms with Crippen molar-refractivity contribution in [1.29, 1.82) is 0 Å². The number of rotatable bonds is 3. The first-order chi connectivity index (χ1) is 8.28. The molecule has 0 saturated heterocycles. The lowest BCUT2D eigenvalue weighted by Crippen LogP contribution is -2.15. The second-order valence-corrected chi connectivity index (χ2v) is 5.51. The zero-order valence-electron chi connectivity index (χ0n) is 11.0. The minimum absolute atomic E-state index is 0.366. The normalized spacial score (nSPS) is 28.8. The molecule has 0 radical (unpaired) electrons. The van der Waals surface area contributed by atoms with Crippen molar-refractivity contribution in [2.75, 3.05) is 7.11 Å². The number of methoxy groups -OCH3 is 1. The molecule has 1 aliphatic rings. The summed E-state index contributed by atoms with van der Waals surface area (Å²) in [6.07, 6.45) is 0. The third kappa shape index (κ3) is 1.38. The number of ether oxygens (including phenoxy) is 1. The van der Waals surface area contributed by atoms with Crippen molar-refractivity contribution in [2.45, 2.75) is 26.2 Å². The molecule has 1 aliphatic carbocycles. The van der Waals surface area contributed by atoms with Crippen LogP contribution in [0.3, 0.4) is 0 Å². The van der Waals surface area contributed by atoms with E-state index in [1.165, 1.54) is 13.2 Å². The molecule has 2 atom stereocenters. The van der Waals surface area contributed by atoms with Crippen LogP contribution < -0.4 is 4.74 Å². The van der Waals surface area contributed by atoms with Gasteiger partial charge in [0, 0.05) is 11.0 Å². The molecule has 1 aromatic rings. The highest BCUT2D eigenvalue weighted by Gasteiger charge is 2.73. The number of hydrogen-bond donors (Lipinski definition) is 1. The summed E-state index contributed by atoms with van der Waals surface area (Å²) in [6.45, 7) is 5.47. The predicted octanol–water partition coefficient (Wildman–Crippen LogP) is 2.83. The van der Waals surface area contributed by atoms with Crippen molar-refractivity contribution >= 4 is 5.97 Å². The Morgan fingerprint density at radius 3 is 2.44 bits per heavy atom. The molecule has 98 valence electrons. The highest BCUT2D eigenvalue weighted by Crippen LogP contribution is 2.70. The molecule has 1 saturated carbocycles. The number of aliphatic carboxylic acids is 1. The van der Waals surface area contributed by atoms with Crippen molar-refractivity contribution in [1.82, 2.24) is 0 Å². The summed E-state index contributed by atoms with van der Waals surface area (Å²) in [5.74, 6) is -1.49. The van der Waals surface area contributed by atoms with Crippen LogP contribution in [-0.4, -0.2) is 18.2 Å². The van der Waals surface area contributed by atoms with Gasteiger partial charge < -0.3 is 9.84 Å². The van der Waals surface area contributed by atoms with Gasteiger partial charge in [0.1, 0.15) is 11.6 Å². The molecule has 0 bridgehead atoms. The summed E-state index contributed by atoms with van der Waals surface area (Å²) in [4.78, 5) is 11.3. The number of carbonyl (C=O) groups is 1. The SMILES string of the molecule is COc1cccc(F)c1C1(C)C(C(=O)O)C1(C)C. The van der Waals surface area contributed by atoms with Gasteiger partial charge >= 0.3 is 5.97 Å². The zero-order valence-corrected chi connectivity index (χ0v) is 11.0. The first-order valence-corrected chi connectivity index (χ1v) is 5.84. The topological polar surface area (TPSA) is 46.5 Å². The number of benzene rings is 1. The lowest BCUT2D eigenvalue weighted by atomic mass is 9.88. The van der Waals surface area contributed by atoms with Crippen LogP contribution in [0.2, 0.25) is 0 Å². The Morgan fingerprint density at radius 1 is 1.39 bits per heavy atom. The third-order valence-electron chi connectivity index (χ3n) is 4.52. The molecule has 3 nitrogen and oxygen atoms in total. The van der Waals surface area contributed by atoms with E-state index >= 15 is 0 Å². The maximum Gasteiger partial charge on any atom is 0.307 e. The molecular formula is C14H17FO3. The Kier molecular flexibility index (Phi) is 2.65. The highest BCUT2D eigenvalue weighted by atomic mass is 19.1. The molecule has 1 aromatic carbocycles. The minimum atomic E-state index is -0.896. The fourth-order valence-corrected chi connectivity index (χ4v) is 3.18. The molecule has 4 heteroatoms. The smallest absolute Gasteiger partial charge is 0.307 e. The van der Waals surface area contributed by atoms with Gasteiger partial charge in [-0.3, -0.25) is 4.79 Å². The Hall–Kier alpha value is -1.58. The summed E-state index contributed by atoms with van der Waals surface area (Å²) in [5, 5.41) is 9.28. The van der Waals surface area contributed by atoms with Gasteiger partial charge in [-0.2, -0.15) is 0 Å². The number of halogens is 1. The molecule has 0 heterocycles. The van der Waals surface area contributed by atoms with Gasteiger partial charge in [-0.25, -0.2) is 4.39 Å². The lowest BCUT2D eigenvalue weighted by molar-refractivity contribution is -0.139. The molecule has 2 unspecified atom stereocenters. The molecule has 18 heavy (non-hydrogen) atoms. The summed E-state index contributed by atoms with van der Waals surface area (Å²) in [6, 6.07) is 4.57. The van der Waals surface area contributed by atoms with Crippen molar-refractivity contribution in [2.24, 2.45) is 11.3 Å². The molecule has 0 amide bonds. The van der Waals surface area contributed by atoms with Gasteiger partial charge in [0.15, 0.2) is 0 Å². The average molecular weight is 252 g/mol. The molecule has 2 rings (SSSR count). The van der Waals surface area contributed by atoms with E-state index in [1.54, 1.807) is 19.1 Å². The van der Waals surface area contributed by atoms with Crippen LogP contribution in [0.1, 0.15) is 26.3 Å². The maximum atomic E-state index is 14.1. The fourth-order valence-electron chi connectivity index (χ4n) is 3.18. The van der Waals surface area contributed by atoms with E-state index in [9.17, 15) is 14.3 Å². The van der Waals surface area contributed by atoms with Crippen LogP contribution in [0.25, 0.3) is 0 Å². The van der Waals surface area contributed by atoms with E-state index in [2.05, 4.69) is 0 Å². The number of hydrogen-bond acceptors (Lipinski definition) is 2. The largest absolute Gasteiger partial charge is 0.496 e. The zero-order chi connectivity index (χ0) is 13.7. The van der Waals surface area contributed by atoms with E-state index in [4.69, 9.17) is 4.74 Å². The summed E-state index contributed by atoms with van der Waals surface area (Å²) in [7, 11) is 1.47. The Labute approximate surface area is 106 Å². The standard InChI is InChI=1S/C14H17FO3/c1-13(2)11(12(16)17)14(13,3)10-8(15)6-5-7-9(10)18-4/h5-7,11H,1-4H3,(H,16,17). The second-order valence-electron chi connectivity index (χ2n) is 5.51. The average Bonchev–Trinajstić information content (AvgIpc) is 2.72. The first-order valence-electron chi connectivity index (χ1n) is 5.84. The molecule has 0 spiro atoms.